The fourth-order valence-electron chi connectivity index (χ4n) is 2.57. The molecule has 4 nitrogen and oxygen atoms in total. The van der Waals surface area contributed by atoms with Crippen LogP contribution in [0.2, 0.25) is 0 Å². The minimum atomic E-state index is -0.983. The number of hydrogen-bond acceptors (Lipinski definition) is 3. The van der Waals surface area contributed by atoms with Gasteiger partial charge in [-0.25, -0.2) is 4.79 Å². The van der Waals surface area contributed by atoms with Crippen molar-refractivity contribution in [3.8, 4) is 11.1 Å². The van der Waals surface area contributed by atoms with Gasteiger partial charge in [0, 0.05) is 16.6 Å². The Hall–Kier alpha value is -2.88. The number of benzene rings is 2. The largest absolute Gasteiger partial charge is 0.478 e. The molecule has 0 radical (unpaired) electrons. The van der Waals surface area contributed by atoms with Gasteiger partial charge in [0.1, 0.15) is 0 Å². The molecule has 3 N–H and O–H groups in total. The van der Waals surface area contributed by atoms with Gasteiger partial charge >= 0.3 is 5.97 Å². The van der Waals surface area contributed by atoms with E-state index in [-0.39, 0.29) is 5.56 Å². The minimum absolute atomic E-state index is 0.222. The lowest BCUT2D eigenvalue weighted by Crippen LogP contribution is -2.06. The van der Waals surface area contributed by atoms with Crippen molar-refractivity contribution in [2.75, 3.05) is 5.73 Å². The molecule has 0 saturated heterocycles. The predicted molar refractivity (Wildman–Crippen MR) is 83.3 cm³/mol. The van der Waals surface area contributed by atoms with Crippen molar-refractivity contribution in [1.29, 1.82) is 0 Å². The molecular formula is C17H14N2O2. The highest BCUT2D eigenvalue weighted by molar-refractivity contribution is 6.07. The number of aromatic nitrogens is 1. The third-order valence-electron chi connectivity index (χ3n) is 3.47. The molecule has 3 aromatic rings. The van der Waals surface area contributed by atoms with Crippen LogP contribution in [-0.2, 0) is 0 Å². The SMILES string of the molecule is Cc1nc2ccc(N)cc2c(-c2ccccc2)c1C(=O)O. The summed E-state index contributed by atoms with van der Waals surface area (Å²) < 4.78 is 0. The van der Waals surface area contributed by atoms with Crippen LogP contribution in [0.1, 0.15) is 16.1 Å². The lowest BCUT2D eigenvalue weighted by atomic mass is 9.94. The second-order valence-corrected chi connectivity index (χ2v) is 4.89. The van der Waals surface area contributed by atoms with Crippen molar-refractivity contribution < 1.29 is 9.90 Å². The van der Waals surface area contributed by atoms with E-state index in [1.165, 1.54) is 0 Å². The van der Waals surface area contributed by atoms with Gasteiger partial charge < -0.3 is 10.8 Å². The highest BCUT2D eigenvalue weighted by atomic mass is 16.4. The van der Waals surface area contributed by atoms with E-state index in [4.69, 9.17) is 5.73 Å². The van der Waals surface area contributed by atoms with Crippen LogP contribution in [0.25, 0.3) is 22.0 Å². The number of anilines is 1. The van der Waals surface area contributed by atoms with E-state index in [9.17, 15) is 9.90 Å². The molecule has 1 aromatic heterocycles. The lowest BCUT2D eigenvalue weighted by molar-refractivity contribution is 0.0696. The van der Waals surface area contributed by atoms with E-state index < -0.39 is 5.97 Å². The zero-order chi connectivity index (χ0) is 15.0. The van der Waals surface area contributed by atoms with Crippen molar-refractivity contribution in [2.45, 2.75) is 6.92 Å². The number of rotatable bonds is 2. The summed E-state index contributed by atoms with van der Waals surface area (Å²) in [6.07, 6.45) is 0. The second kappa shape index (κ2) is 4.90. The number of hydrogen-bond donors (Lipinski definition) is 2. The van der Waals surface area contributed by atoms with E-state index in [1.54, 1.807) is 19.1 Å². The van der Waals surface area contributed by atoms with Crippen molar-refractivity contribution in [1.82, 2.24) is 4.98 Å². The Morgan fingerprint density at radius 2 is 1.86 bits per heavy atom. The van der Waals surface area contributed by atoms with Gasteiger partial charge in [-0.15, -0.1) is 0 Å². The molecule has 0 fully saturated rings. The molecule has 0 bridgehead atoms. The molecular weight excluding hydrogens is 264 g/mol. The van der Waals surface area contributed by atoms with Gasteiger partial charge in [-0.2, -0.15) is 0 Å². The Kier molecular flexibility index (Phi) is 3.06. The number of carbonyl (C=O) groups is 1. The summed E-state index contributed by atoms with van der Waals surface area (Å²) in [5, 5.41) is 10.3. The van der Waals surface area contributed by atoms with Gasteiger partial charge in [-0.3, -0.25) is 4.98 Å². The number of carboxylic acid groups (broad SMARTS) is 1. The molecule has 1 heterocycles. The number of aromatic carboxylic acids is 1. The second-order valence-electron chi connectivity index (χ2n) is 4.89. The Morgan fingerprint density at radius 1 is 1.14 bits per heavy atom. The molecule has 0 aliphatic rings. The number of fused-ring (bicyclic) bond motifs is 1. The topological polar surface area (TPSA) is 76.2 Å². The molecule has 104 valence electrons. The first-order valence-electron chi connectivity index (χ1n) is 6.56. The van der Waals surface area contributed by atoms with E-state index in [1.807, 2.05) is 36.4 Å². The number of nitrogen functional groups attached to an aromatic ring is 1. The Balaban J connectivity index is 2.50. The molecule has 0 spiro atoms. The van der Waals surface area contributed by atoms with Crippen molar-refractivity contribution >= 4 is 22.6 Å². The highest BCUT2D eigenvalue weighted by Gasteiger charge is 2.19. The molecule has 21 heavy (non-hydrogen) atoms. The molecule has 0 atom stereocenters. The van der Waals surface area contributed by atoms with Crippen LogP contribution in [-0.4, -0.2) is 16.1 Å². The van der Waals surface area contributed by atoms with Gasteiger partial charge in [-0.05, 0) is 30.7 Å². The summed E-state index contributed by atoms with van der Waals surface area (Å²) in [7, 11) is 0. The summed E-state index contributed by atoms with van der Waals surface area (Å²) in [6.45, 7) is 1.71. The van der Waals surface area contributed by atoms with Crippen LogP contribution in [0.4, 0.5) is 5.69 Å². The molecule has 3 rings (SSSR count). The number of aryl methyl sites for hydroxylation is 1. The lowest BCUT2D eigenvalue weighted by Gasteiger charge is -2.13. The predicted octanol–water partition coefficient (Wildman–Crippen LogP) is 3.49. The number of pyridine rings is 1. The smallest absolute Gasteiger partial charge is 0.338 e. The molecule has 0 aliphatic heterocycles. The van der Waals surface area contributed by atoms with Crippen LogP contribution >= 0.6 is 0 Å². The zero-order valence-electron chi connectivity index (χ0n) is 11.5. The number of nitrogens with two attached hydrogens (primary N) is 1. The van der Waals surface area contributed by atoms with Gasteiger partial charge in [0.15, 0.2) is 0 Å². The summed E-state index contributed by atoms with van der Waals surface area (Å²) in [5.41, 5.74) is 9.41. The van der Waals surface area contributed by atoms with E-state index in [0.717, 1.165) is 16.5 Å². The quantitative estimate of drug-likeness (QED) is 0.703. The average Bonchev–Trinajstić information content (AvgIpc) is 2.47. The molecule has 0 amide bonds. The van der Waals surface area contributed by atoms with E-state index in [2.05, 4.69) is 4.98 Å². The molecule has 0 aliphatic carbocycles. The standard InChI is InChI=1S/C17H14N2O2/c1-10-15(17(20)21)16(11-5-3-2-4-6-11)13-9-12(18)7-8-14(13)19-10/h2-9H,18H2,1H3,(H,20,21). The summed E-state index contributed by atoms with van der Waals surface area (Å²) in [4.78, 5) is 16.1. The zero-order valence-corrected chi connectivity index (χ0v) is 11.5. The first kappa shape index (κ1) is 13.1. The molecule has 0 unspecified atom stereocenters. The fourth-order valence-corrected chi connectivity index (χ4v) is 2.57. The Morgan fingerprint density at radius 3 is 2.52 bits per heavy atom. The first-order chi connectivity index (χ1) is 10.1. The monoisotopic (exact) mass is 278 g/mol. The Bertz CT molecular complexity index is 842. The summed E-state index contributed by atoms with van der Waals surface area (Å²) in [6, 6.07) is 14.8. The summed E-state index contributed by atoms with van der Waals surface area (Å²) in [5.74, 6) is -0.983. The number of nitrogens with zero attached hydrogens (tertiary/aromatic N) is 1. The van der Waals surface area contributed by atoms with Crippen molar-refractivity contribution in [3.05, 3.63) is 59.8 Å². The molecule has 4 heteroatoms. The van der Waals surface area contributed by atoms with Crippen LogP contribution in [0.15, 0.2) is 48.5 Å². The average molecular weight is 278 g/mol. The van der Waals surface area contributed by atoms with Crippen LogP contribution in [0, 0.1) is 6.92 Å². The van der Waals surface area contributed by atoms with Crippen molar-refractivity contribution in [3.63, 3.8) is 0 Å². The van der Waals surface area contributed by atoms with Gasteiger partial charge in [0.05, 0.1) is 16.8 Å². The van der Waals surface area contributed by atoms with Crippen molar-refractivity contribution in [2.24, 2.45) is 0 Å². The number of carboxylic acids is 1. The van der Waals surface area contributed by atoms with Gasteiger partial charge in [-0.1, -0.05) is 30.3 Å². The molecule has 2 aromatic carbocycles. The molecule has 0 saturated carbocycles. The van der Waals surface area contributed by atoms with Crippen LogP contribution < -0.4 is 5.73 Å². The fraction of sp³-hybridized carbons (Fsp3) is 0.0588. The maximum Gasteiger partial charge on any atom is 0.338 e. The van der Waals surface area contributed by atoms with Gasteiger partial charge in [0.2, 0.25) is 0 Å². The highest BCUT2D eigenvalue weighted by Crippen LogP contribution is 2.33. The normalized spacial score (nSPS) is 10.7. The first-order valence-corrected chi connectivity index (χ1v) is 6.56. The third kappa shape index (κ3) is 2.21. The van der Waals surface area contributed by atoms with Gasteiger partial charge in [0.25, 0.3) is 0 Å². The maximum atomic E-state index is 11.7. The van der Waals surface area contributed by atoms with E-state index in [0.29, 0.717) is 16.9 Å². The maximum absolute atomic E-state index is 11.7. The van der Waals surface area contributed by atoms with Crippen LogP contribution in [0.3, 0.4) is 0 Å². The Labute approximate surface area is 121 Å². The van der Waals surface area contributed by atoms with E-state index >= 15 is 0 Å². The minimum Gasteiger partial charge on any atom is -0.478 e. The summed E-state index contributed by atoms with van der Waals surface area (Å²) >= 11 is 0. The van der Waals surface area contributed by atoms with Crippen LogP contribution in [0.5, 0.6) is 0 Å². The third-order valence-corrected chi connectivity index (χ3v) is 3.47.